The molecule has 0 spiro atoms. The number of morpholine rings is 1. The molecule has 0 bridgehead atoms. The number of thioether (sulfide) groups is 1. The molecule has 7 nitrogen and oxygen atoms in total. The predicted octanol–water partition coefficient (Wildman–Crippen LogP) is 2.80. The molecule has 1 aromatic carbocycles. The van der Waals surface area contributed by atoms with Crippen molar-refractivity contribution in [1.82, 2.24) is 14.5 Å². The van der Waals surface area contributed by atoms with Crippen LogP contribution in [0.25, 0.3) is 0 Å². The Balaban J connectivity index is 1.38. The van der Waals surface area contributed by atoms with Gasteiger partial charge in [-0.25, -0.2) is 4.79 Å². The monoisotopic (exact) mass is 456 g/mol. The number of ether oxygens (including phenoxy) is 1. The fraction of sp³-hybridized carbons (Fsp3) is 0.542. The predicted molar refractivity (Wildman–Crippen MR) is 128 cm³/mol. The highest BCUT2D eigenvalue weighted by atomic mass is 32.2. The van der Waals surface area contributed by atoms with E-state index in [9.17, 15) is 9.59 Å². The smallest absolute Gasteiger partial charge is 0.348 e. The van der Waals surface area contributed by atoms with E-state index >= 15 is 0 Å². The largest absolute Gasteiger partial charge is 0.379 e. The minimum Gasteiger partial charge on any atom is -0.379 e. The van der Waals surface area contributed by atoms with Crippen LogP contribution in [0.1, 0.15) is 35.2 Å². The van der Waals surface area contributed by atoms with Gasteiger partial charge in [-0.1, -0.05) is 23.9 Å². The first kappa shape index (κ1) is 23.0. The number of hydrogen-bond acceptors (Lipinski definition) is 6. The lowest BCUT2D eigenvalue weighted by molar-refractivity contribution is -0.113. The number of aryl methyl sites for hydroxylation is 2. The topological polar surface area (TPSA) is 76.5 Å². The maximum atomic E-state index is 12.8. The van der Waals surface area contributed by atoms with Crippen LogP contribution in [0.2, 0.25) is 0 Å². The van der Waals surface area contributed by atoms with Crippen molar-refractivity contribution >= 4 is 23.4 Å². The van der Waals surface area contributed by atoms with E-state index in [0.717, 1.165) is 91.6 Å². The SMILES string of the molecule is Cc1ccc(C)c(NC(=O)CSc2nc(=O)n(CCCN3CCOCC3)c3c2CCC3)c1. The molecule has 1 amide bonds. The summed E-state index contributed by atoms with van der Waals surface area (Å²) in [6.07, 6.45) is 3.80. The van der Waals surface area contributed by atoms with Crippen LogP contribution in [0, 0.1) is 13.8 Å². The van der Waals surface area contributed by atoms with Gasteiger partial charge in [0.15, 0.2) is 0 Å². The first-order valence-corrected chi connectivity index (χ1v) is 12.4. The minimum atomic E-state index is -0.190. The normalized spacial score (nSPS) is 16.2. The number of nitrogens with zero attached hydrogens (tertiary/aromatic N) is 3. The second kappa shape index (κ2) is 10.6. The van der Waals surface area contributed by atoms with E-state index in [-0.39, 0.29) is 17.3 Å². The zero-order valence-electron chi connectivity index (χ0n) is 19.0. The van der Waals surface area contributed by atoms with Crippen molar-refractivity contribution in [3.05, 3.63) is 51.1 Å². The molecule has 2 heterocycles. The van der Waals surface area contributed by atoms with Gasteiger partial charge in [0.05, 0.1) is 19.0 Å². The van der Waals surface area contributed by atoms with E-state index in [0.29, 0.717) is 6.54 Å². The summed E-state index contributed by atoms with van der Waals surface area (Å²) in [5.41, 5.74) is 5.06. The van der Waals surface area contributed by atoms with E-state index in [1.165, 1.54) is 11.8 Å². The zero-order valence-corrected chi connectivity index (χ0v) is 19.8. The molecule has 0 saturated carbocycles. The number of carbonyl (C=O) groups excluding carboxylic acids is 1. The Labute approximate surface area is 193 Å². The van der Waals surface area contributed by atoms with Crippen molar-refractivity contribution in [3.63, 3.8) is 0 Å². The van der Waals surface area contributed by atoms with Gasteiger partial charge >= 0.3 is 5.69 Å². The molecule has 1 N–H and O–H groups in total. The Bertz CT molecular complexity index is 1030. The number of nitrogens with one attached hydrogen (secondary N) is 1. The van der Waals surface area contributed by atoms with E-state index in [1.54, 1.807) is 0 Å². The third-order valence-electron chi connectivity index (χ3n) is 6.17. The van der Waals surface area contributed by atoms with E-state index in [1.807, 2.05) is 36.6 Å². The summed E-state index contributed by atoms with van der Waals surface area (Å²) in [5.74, 6) is 0.166. The first-order chi connectivity index (χ1) is 15.5. The lowest BCUT2D eigenvalue weighted by Gasteiger charge is -2.26. The number of amides is 1. The number of fused-ring (bicyclic) bond motifs is 1. The lowest BCUT2D eigenvalue weighted by Crippen LogP contribution is -2.37. The van der Waals surface area contributed by atoms with Crippen LogP contribution in [0.5, 0.6) is 0 Å². The quantitative estimate of drug-likeness (QED) is 0.486. The Morgan fingerprint density at radius 3 is 2.81 bits per heavy atom. The zero-order chi connectivity index (χ0) is 22.5. The fourth-order valence-corrected chi connectivity index (χ4v) is 5.28. The van der Waals surface area contributed by atoms with Gasteiger partial charge in [-0.05, 0) is 56.7 Å². The fourth-order valence-electron chi connectivity index (χ4n) is 4.40. The van der Waals surface area contributed by atoms with Crippen molar-refractivity contribution < 1.29 is 9.53 Å². The highest BCUT2D eigenvalue weighted by Gasteiger charge is 2.22. The summed E-state index contributed by atoms with van der Waals surface area (Å²) < 4.78 is 7.27. The third-order valence-corrected chi connectivity index (χ3v) is 7.19. The van der Waals surface area contributed by atoms with Crippen molar-refractivity contribution in [1.29, 1.82) is 0 Å². The maximum absolute atomic E-state index is 12.8. The molecule has 172 valence electrons. The molecule has 1 fully saturated rings. The molecular formula is C24H32N4O3S. The Morgan fingerprint density at radius 2 is 2.00 bits per heavy atom. The molecule has 4 rings (SSSR count). The third kappa shape index (κ3) is 5.60. The van der Waals surface area contributed by atoms with E-state index in [2.05, 4.69) is 15.2 Å². The number of anilines is 1. The van der Waals surface area contributed by atoms with Crippen LogP contribution in [0.4, 0.5) is 5.69 Å². The summed E-state index contributed by atoms with van der Waals surface area (Å²) in [5, 5.41) is 3.71. The molecule has 8 heteroatoms. The summed E-state index contributed by atoms with van der Waals surface area (Å²) in [4.78, 5) is 32.1. The molecule has 0 unspecified atom stereocenters. The average molecular weight is 457 g/mol. The van der Waals surface area contributed by atoms with Crippen LogP contribution in [-0.4, -0.2) is 59.0 Å². The second-order valence-corrected chi connectivity index (χ2v) is 9.56. The van der Waals surface area contributed by atoms with Gasteiger partial charge in [0.25, 0.3) is 0 Å². The van der Waals surface area contributed by atoms with Gasteiger partial charge in [-0.3, -0.25) is 14.3 Å². The van der Waals surface area contributed by atoms with E-state index < -0.39 is 0 Å². The van der Waals surface area contributed by atoms with Gasteiger partial charge in [0.1, 0.15) is 5.03 Å². The van der Waals surface area contributed by atoms with Gasteiger partial charge in [-0.15, -0.1) is 0 Å². The number of hydrogen-bond donors (Lipinski definition) is 1. The van der Waals surface area contributed by atoms with Crippen LogP contribution >= 0.6 is 11.8 Å². The molecule has 2 aliphatic rings. The summed E-state index contributed by atoms with van der Waals surface area (Å²) in [7, 11) is 0. The lowest BCUT2D eigenvalue weighted by atomic mass is 10.1. The number of benzene rings is 1. The number of aromatic nitrogens is 2. The van der Waals surface area contributed by atoms with Crippen LogP contribution in [0.15, 0.2) is 28.0 Å². The molecule has 1 saturated heterocycles. The highest BCUT2D eigenvalue weighted by molar-refractivity contribution is 8.00. The maximum Gasteiger partial charge on any atom is 0.348 e. The van der Waals surface area contributed by atoms with Gasteiger partial charge in [0.2, 0.25) is 5.91 Å². The first-order valence-electron chi connectivity index (χ1n) is 11.4. The Kier molecular flexibility index (Phi) is 7.65. The molecule has 32 heavy (non-hydrogen) atoms. The van der Waals surface area contributed by atoms with Gasteiger partial charge in [0, 0.05) is 43.1 Å². The summed E-state index contributed by atoms with van der Waals surface area (Å²) in [6, 6.07) is 6.01. The average Bonchev–Trinajstić information content (AvgIpc) is 3.27. The van der Waals surface area contributed by atoms with Crippen LogP contribution in [0.3, 0.4) is 0 Å². The molecule has 0 radical (unpaired) electrons. The molecular weight excluding hydrogens is 424 g/mol. The van der Waals surface area contributed by atoms with Crippen molar-refractivity contribution in [2.45, 2.75) is 51.1 Å². The van der Waals surface area contributed by atoms with Crippen LogP contribution in [-0.2, 0) is 28.9 Å². The van der Waals surface area contributed by atoms with Gasteiger partial charge in [-0.2, -0.15) is 4.98 Å². The highest BCUT2D eigenvalue weighted by Crippen LogP contribution is 2.29. The number of rotatable bonds is 8. The van der Waals surface area contributed by atoms with Crippen molar-refractivity contribution in [3.8, 4) is 0 Å². The molecule has 2 aromatic rings. The minimum absolute atomic E-state index is 0.0769. The Hall–Kier alpha value is -2.16. The summed E-state index contributed by atoms with van der Waals surface area (Å²) >= 11 is 1.37. The van der Waals surface area contributed by atoms with E-state index in [4.69, 9.17) is 4.74 Å². The summed E-state index contributed by atoms with van der Waals surface area (Å²) in [6.45, 7) is 9.17. The molecule has 0 atom stereocenters. The van der Waals surface area contributed by atoms with Crippen molar-refractivity contribution in [2.24, 2.45) is 0 Å². The van der Waals surface area contributed by atoms with Gasteiger partial charge < -0.3 is 10.1 Å². The number of carbonyl (C=O) groups is 1. The van der Waals surface area contributed by atoms with Crippen LogP contribution < -0.4 is 11.0 Å². The Morgan fingerprint density at radius 1 is 1.19 bits per heavy atom. The standard InChI is InChI=1S/C24H32N4O3S/c1-17-7-8-18(2)20(15-17)25-22(29)16-32-23-19-5-3-6-21(19)28(24(30)26-23)10-4-9-27-11-13-31-14-12-27/h7-8,15H,3-6,9-14,16H2,1-2H3,(H,25,29). The molecule has 1 aliphatic heterocycles. The second-order valence-electron chi connectivity index (χ2n) is 8.59. The molecule has 1 aliphatic carbocycles. The molecule has 1 aromatic heterocycles. The van der Waals surface area contributed by atoms with Crippen molar-refractivity contribution in [2.75, 3.05) is 43.9 Å².